The van der Waals surface area contributed by atoms with Crippen LogP contribution >= 0.6 is 11.6 Å². The van der Waals surface area contributed by atoms with Gasteiger partial charge in [0.1, 0.15) is 0 Å². The molecule has 0 aliphatic heterocycles. The molecule has 1 fully saturated rings. The van der Waals surface area contributed by atoms with Crippen molar-refractivity contribution >= 4 is 17.3 Å². The van der Waals surface area contributed by atoms with E-state index in [1.54, 1.807) is 0 Å². The third-order valence-electron chi connectivity index (χ3n) is 3.50. The van der Waals surface area contributed by atoms with Crippen molar-refractivity contribution in [1.82, 2.24) is 0 Å². The molecule has 1 unspecified atom stereocenters. The van der Waals surface area contributed by atoms with Gasteiger partial charge in [0.15, 0.2) is 0 Å². The van der Waals surface area contributed by atoms with Crippen molar-refractivity contribution in [3.05, 3.63) is 28.8 Å². The molecule has 1 atom stereocenters. The van der Waals surface area contributed by atoms with Gasteiger partial charge in [0.25, 0.3) is 0 Å². The number of rotatable bonds is 6. The van der Waals surface area contributed by atoms with Gasteiger partial charge >= 0.3 is 0 Å². The van der Waals surface area contributed by atoms with Crippen LogP contribution in [0.1, 0.15) is 32.3 Å². The molecule has 18 heavy (non-hydrogen) atoms. The van der Waals surface area contributed by atoms with Gasteiger partial charge < -0.3 is 10.6 Å². The molecule has 0 radical (unpaired) electrons. The van der Waals surface area contributed by atoms with Gasteiger partial charge in [0.2, 0.25) is 0 Å². The van der Waals surface area contributed by atoms with E-state index >= 15 is 0 Å². The molecular weight excluding hydrogens is 244 g/mol. The largest absolute Gasteiger partial charge is 0.371 e. The highest BCUT2D eigenvalue weighted by Gasteiger charge is 2.24. The lowest BCUT2D eigenvalue weighted by atomic mass is 10.1. The molecular formula is C15H23ClN2. The molecule has 2 nitrogen and oxygen atoms in total. The SMILES string of the molecule is CCN(CC1CC1)c1ccc(CC(C)N)c(Cl)c1. The highest BCUT2D eigenvalue weighted by Crippen LogP contribution is 2.32. The fourth-order valence-electron chi connectivity index (χ4n) is 2.27. The molecule has 1 aromatic rings. The van der Waals surface area contributed by atoms with Crippen LogP contribution in [-0.2, 0) is 6.42 Å². The first-order valence-electron chi connectivity index (χ1n) is 6.89. The van der Waals surface area contributed by atoms with Crippen LogP contribution in [0.2, 0.25) is 5.02 Å². The number of anilines is 1. The zero-order valence-electron chi connectivity index (χ0n) is 11.3. The van der Waals surface area contributed by atoms with Crippen molar-refractivity contribution in [2.45, 2.75) is 39.2 Å². The molecule has 0 saturated heterocycles. The first-order valence-corrected chi connectivity index (χ1v) is 7.27. The van der Waals surface area contributed by atoms with E-state index in [0.717, 1.165) is 29.5 Å². The molecule has 1 aliphatic carbocycles. The fraction of sp³-hybridized carbons (Fsp3) is 0.600. The highest BCUT2D eigenvalue weighted by molar-refractivity contribution is 6.31. The van der Waals surface area contributed by atoms with Crippen LogP contribution in [0.4, 0.5) is 5.69 Å². The first kappa shape index (κ1) is 13.7. The lowest BCUT2D eigenvalue weighted by Crippen LogP contribution is -2.25. The highest BCUT2D eigenvalue weighted by atomic mass is 35.5. The lowest BCUT2D eigenvalue weighted by molar-refractivity contribution is 0.733. The number of benzene rings is 1. The zero-order valence-corrected chi connectivity index (χ0v) is 12.1. The Balaban J connectivity index is 2.10. The number of halogens is 1. The van der Waals surface area contributed by atoms with E-state index in [-0.39, 0.29) is 6.04 Å². The maximum Gasteiger partial charge on any atom is 0.0459 e. The average molecular weight is 267 g/mol. The Kier molecular flexibility index (Phi) is 4.52. The zero-order chi connectivity index (χ0) is 13.1. The molecule has 2 rings (SSSR count). The van der Waals surface area contributed by atoms with E-state index in [2.05, 4.69) is 30.0 Å². The normalized spacial score (nSPS) is 16.7. The van der Waals surface area contributed by atoms with Gasteiger partial charge in [-0.2, -0.15) is 0 Å². The third kappa shape index (κ3) is 3.63. The first-order chi connectivity index (χ1) is 8.60. The number of nitrogens with zero attached hydrogens (tertiary/aromatic N) is 1. The van der Waals surface area contributed by atoms with Crippen LogP contribution in [0.5, 0.6) is 0 Å². The molecule has 0 amide bonds. The summed E-state index contributed by atoms with van der Waals surface area (Å²) in [7, 11) is 0. The Morgan fingerprint density at radius 3 is 2.67 bits per heavy atom. The van der Waals surface area contributed by atoms with E-state index < -0.39 is 0 Å². The van der Waals surface area contributed by atoms with Gasteiger partial charge in [-0.05, 0) is 56.7 Å². The van der Waals surface area contributed by atoms with Crippen molar-refractivity contribution in [2.24, 2.45) is 11.7 Å². The summed E-state index contributed by atoms with van der Waals surface area (Å²) in [6.45, 7) is 6.42. The maximum atomic E-state index is 6.34. The second-order valence-electron chi connectivity index (χ2n) is 5.44. The minimum Gasteiger partial charge on any atom is -0.371 e. The van der Waals surface area contributed by atoms with Gasteiger partial charge in [-0.1, -0.05) is 17.7 Å². The quantitative estimate of drug-likeness (QED) is 0.854. The van der Waals surface area contributed by atoms with Crippen LogP contribution in [0.15, 0.2) is 18.2 Å². The Morgan fingerprint density at radius 2 is 2.17 bits per heavy atom. The molecule has 0 bridgehead atoms. The van der Waals surface area contributed by atoms with Crippen molar-refractivity contribution in [3.8, 4) is 0 Å². The van der Waals surface area contributed by atoms with Crippen molar-refractivity contribution in [3.63, 3.8) is 0 Å². The predicted octanol–water partition coefficient (Wildman–Crippen LogP) is 3.47. The van der Waals surface area contributed by atoms with E-state index in [0.29, 0.717) is 0 Å². The summed E-state index contributed by atoms with van der Waals surface area (Å²) in [5.74, 6) is 0.896. The van der Waals surface area contributed by atoms with Crippen molar-refractivity contribution in [2.75, 3.05) is 18.0 Å². The molecule has 0 spiro atoms. The number of hydrogen-bond acceptors (Lipinski definition) is 2. The molecule has 0 aromatic heterocycles. The second kappa shape index (κ2) is 5.94. The number of nitrogens with two attached hydrogens (primary N) is 1. The number of hydrogen-bond donors (Lipinski definition) is 1. The van der Waals surface area contributed by atoms with Crippen LogP contribution in [0.3, 0.4) is 0 Å². The average Bonchev–Trinajstić information content (AvgIpc) is 3.12. The maximum absolute atomic E-state index is 6.34. The molecule has 1 aromatic carbocycles. The van der Waals surface area contributed by atoms with Crippen LogP contribution in [0.25, 0.3) is 0 Å². The summed E-state index contributed by atoms with van der Waals surface area (Å²) in [6.07, 6.45) is 3.61. The van der Waals surface area contributed by atoms with Crippen molar-refractivity contribution < 1.29 is 0 Å². The summed E-state index contributed by atoms with van der Waals surface area (Å²) >= 11 is 6.34. The molecule has 1 aliphatic rings. The monoisotopic (exact) mass is 266 g/mol. The summed E-state index contributed by atoms with van der Waals surface area (Å²) in [6, 6.07) is 6.54. The van der Waals surface area contributed by atoms with Gasteiger partial charge in [-0.15, -0.1) is 0 Å². The van der Waals surface area contributed by atoms with E-state index in [9.17, 15) is 0 Å². The smallest absolute Gasteiger partial charge is 0.0459 e. The van der Waals surface area contributed by atoms with E-state index in [1.165, 1.54) is 25.1 Å². The van der Waals surface area contributed by atoms with E-state index in [4.69, 9.17) is 17.3 Å². The van der Waals surface area contributed by atoms with Gasteiger partial charge in [-0.3, -0.25) is 0 Å². The molecule has 0 heterocycles. The van der Waals surface area contributed by atoms with Gasteiger partial charge in [0.05, 0.1) is 0 Å². The second-order valence-corrected chi connectivity index (χ2v) is 5.85. The van der Waals surface area contributed by atoms with Crippen molar-refractivity contribution in [1.29, 1.82) is 0 Å². The van der Waals surface area contributed by atoms with Crippen LogP contribution in [-0.4, -0.2) is 19.1 Å². The minimum atomic E-state index is 0.155. The summed E-state index contributed by atoms with van der Waals surface area (Å²) in [5, 5.41) is 0.846. The Hall–Kier alpha value is -0.730. The Morgan fingerprint density at radius 1 is 1.44 bits per heavy atom. The lowest BCUT2D eigenvalue weighted by Gasteiger charge is -2.24. The van der Waals surface area contributed by atoms with Crippen LogP contribution < -0.4 is 10.6 Å². The summed E-state index contributed by atoms with van der Waals surface area (Å²) < 4.78 is 0. The molecule has 1 saturated carbocycles. The van der Waals surface area contributed by atoms with Gasteiger partial charge in [-0.25, -0.2) is 0 Å². The third-order valence-corrected chi connectivity index (χ3v) is 3.85. The Bertz CT molecular complexity index is 399. The summed E-state index contributed by atoms with van der Waals surface area (Å²) in [4.78, 5) is 2.42. The predicted molar refractivity (Wildman–Crippen MR) is 79.4 cm³/mol. The molecule has 3 heteroatoms. The van der Waals surface area contributed by atoms with Gasteiger partial charge in [0, 0.05) is 29.8 Å². The molecule has 2 N–H and O–H groups in total. The topological polar surface area (TPSA) is 29.3 Å². The van der Waals surface area contributed by atoms with Crippen LogP contribution in [0, 0.1) is 5.92 Å². The summed E-state index contributed by atoms with van der Waals surface area (Å²) in [5.41, 5.74) is 8.21. The fourth-order valence-corrected chi connectivity index (χ4v) is 2.53. The minimum absolute atomic E-state index is 0.155. The molecule has 100 valence electrons. The Labute approximate surface area is 115 Å². The standard InChI is InChI=1S/C15H23ClN2/c1-3-18(10-12-4-5-12)14-7-6-13(8-11(2)17)15(16)9-14/h6-7,9,11-12H,3-5,8,10,17H2,1-2H3. The van der Waals surface area contributed by atoms with E-state index in [1.807, 2.05) is 6.92 Å².